The molecule has 3 aromatic rings. The summed E-state index contributed by atoms with van der Waals surface area (Å²) >= 11 is 0. The zero-order valence-corrected chi connectivity index (χ0v) is 15.6. The molecule has 0 bridgehead atoms. The van der Waals surface area contributed by atoms with Crippen LogP contribution in [0.3, 0.4) is 0 Å². The molecule has 0 radical (unpaired) electrons. The molecular weight excluding hydrogens is 332 g/mol. The standard InChI is InChI=1S/C20H24N4.ClH/c1-12-8-17-19(10-15(12)21)24(14-6-4-3-5-7-14)20-11-16(22)13(2)9-18(20)23-17;/h8-11,14H,3-7H2,1-2H3,(H3,21,22);1H. The van der Waals surface area contributed by atoms with E-state index in [2.05, 4.69) is 28.8 Å². The number of nitrogens with two attached hydrogens (primary N) is 2. The molecule has 0 unspecified atom stereocenters. The van der Waals surface area contributed by atoms with Crippen LogP contribution in [0.25, 0.3) is 22.1 Å². The Morgan fingerprint density at radius 2 is 1.32 bits per heavy atom. The number of anilines is 2. The smallest absolute Gasteiger partial charge is 0.233 e. The summed E-state index contributed by atoms with van der Waals surface area (Å²) in [5, 5.41) is 0. The van der Waals surface area contributed by atoms with Crippen molar-refractivity contribution < 1.29 is 17.0 Å². The first-order valence-electron chi connectivity index (χ1n) is 8.86. The SMILES string of the molecule is Cc1cc2nc3cc(C)c(N)cc3[n+](C3CCCCC3)c2cc1N.[Cl-]. The van der Waals surface area contributed by atoms with Gasteiger partial charge < -0.3 is 23.9 Å². The van der Waals surface area contributed by atoms with Crippen molar-refractivity contribution in [3.63, 3.8) is 0 Å². The molecule has 4 nitrogen and oxygen atoms in total. The maximum atomic E-state index is 6.22. The number of aromatic nitrogens is 2. The zero-order chi connectivity index (χ0) is 16.8. The summed E-state index contributed by atoms with van der Waals surface area (Å²) in [6.07, 6.45) is 6.32. The fraction of sp³-hybridized carbons (Fsp3) is 0.400. The molecule has 1 heterocycles. The highest BCUT2D eigenvalue weighted by molar-refractivity contribution is 5.86. The third kappa shape index (κ3) is 2.99. The molecule has 25 heavy (non-hydrogen) atoms. The Morgan fingerprint density at radius 3 is 1.80 bits per heavy atom. The van der Waals surface area contributed by atoms with Crippen LogP contribution in [0.2, 0.25) is 0 Å². The molecule has 1 aromatic heterocycles. The molecule has 0 saturated heterocycles. The fourth-order valence-corrected chi connectivity index (χ4v) is 3.95. The van der Waals surface area contributed by atoms with E-state index in [1.165, 1.54) is 32.1 Å². The minimum absolute atomic E-state index is 0. The Labute approximate surface area is 154 Å². The van der Waals surface area contributed by atoms with Gasteiger partial charge in [0.25, 0.3) is 0 Å². The number of hydrogen-bond donors (Lipinski definition) is 2. The summed E-state index contributed by atoms with van der Waals surface area (Å²) in [5.74, 6) is 0. The van der Waals surface area contributed by atoms with E-state index in [-0.39, 0.29) is 12.4 Å². The molecule has 1 aliphatic carbocycles. The van der Waals surface area contributed by atoms with E-state index in [4.69, 9.17) is 16.5 Å². The second-order valence-electron chi connectivity index (χ2n) is 7.17. The Kier molecular flexibility index (Phi) is 4.74. The van der Waals surface area contributed by atoms with Crippen LogP contribution in [-0.4, -0.2) is 4.98 Å². The fourth-order valence-electron chi connectivity index (χ4n) is 3.95. The minimum atomic E-state index is 0. The average Bonchev–Trinajstić information content (AvgIpc) is 2.57. The monoisotopic (exact) mass is 356 g/mol. The van der Waals surface area contributed by atoms with Crippen LogP contribution in [0.5, 0.6) is 0 Å². The number of nitrogen functional groups attached to an aromatic ring is 2. The first-order chi connectivity index (χ1) is 11.5. The lowest BCUT2D eigenvalue weighted by Crippen LogP contribution is -3.00. The highest BCUT2D eigenvalue weighted by Crippen LogP contribution is 2.30. The maximum Gasteiger partial charge on any atom is 0.233 e. The van der Waals surface area contributed by atoms with Gasteiger partial charge in [-0.2, -0.15) is 4.57 Å². The van der Waals surface area contributed by atoms with E-state index in [1.54, 1.807) is 0 Å². The summed E-state index contributed by atoms with van der Waals surface area (Å²) in [4.78, 5) is 4.91. The van der Waals surface area contributed by atoms with E-state index in [1.807, 2.05) is 13.8 Å². The molecule has 4 rings (SSSR count). The molecule has 0 aliphatic heterocycles. The van der Waals surface area contributed by atoms with E-state index in [0.717, 1.165) is 44.6 Å². The predicted octanol–water partition coefficient (Wildman–Crippen LogP) is 0.966. The van der Waals surface area contributed by atoms with E-state index in [0.29, 0.717) is 6.04 Å². The van der Waals surface area contributed by atoms with Crippen molar-refractivity contribution in [3.8, 4) is 0 Å². The van der Waals surface area contributed by atoms with Gasteiger partial charge in [-0.3, -0.25) is 0 Å². The lowest BCUT2D eigenvalue weighted by molar-refractivity contribution is -0.677. The van der Waals surface area contributed by atoms with Crippen LogP contribution < -0.4 is 28.4 Å². The summed E-state index contributed by atoms with van der Waals surface area (Å²) in [5.41, 5.74) is 20.5. The van der Waals surface area contributed by atoms with Gasteiger partial charge >= 0.3 is 0 Å². The van der Waals surface area contributed by atoms with Crippen molar-refractivity contribution >= 4 is 33.4 Å². The molecule has 1 saturated carbocycles. The van der Waals surface area contributed by atoms with Crippen molar-refractivity contribution in [2.45, 2.75) is 52.0 Å². The minimum Gasteiger partial charge on any atom is -1.00 e. The number of halogens is 1. The topological polar surface area (TPSA) is 68.8 Å². The Morgan fingerprint density at radius 1 is 0.840 bits per heavy atom. The molecule has 0 amide bonds. The van der Waals surface area contributed by atoms with Gasteiger partial charge in [-0.1, -0.05) is 6.42 Å². The molecule has 132 valence electrons. The van der Waals surface area contributed by atoms with Gasteiger partial charge in [-0.05, 0) is 49.9 Å². The molecule has 2 aromatic carbocycles. The molecule has 1 aliphatic rings. The Hall–Kier alpha value is -2.07. The van der Waals surface area contributed by atoms with Crippen molar-refractivity contribution in [3.05, 3.63) is 35.4 Å². The first-order valence-corrected chi connectivity index (χ1v) is 8.86. The number of fused-ring (bicyclic) bond motifs is 2. The zero-order valence-electron chi connectivity index (χ0n) is 14.8. The van der Waals surface area contributed by atoms with Crippen LogP contribution in [-0.2, 0) is 0 Å². The molecule has 4 N–H and O–H groups in total. The third-order valence-electron chi connectivity index (χ3n) is 5.43. The van der Waals surface area contributed by atoms with Crippen LogP contribution in [0.4, 0.5) is 11.4 Å². The highest BCUT2D eigenvalue weighted by atomic mass is 35.5. The average molecular weight is 357 g/mol. The molecule has 0 atom stereocenters. The lowest BCUT2D eigenvalue weighted by Gasteiger charge is -2.20. The van der Waals surface area contributed by atoms with Crippen molar-refractivity contribution in [1.82, 2.24) is 4.98 Å². The van der Waals surface area contributed by atoms with Crippen molar-refractivity contribution in [2.75, 3.05) is 11.5 Å². The number of nitrogens with zero attached hydrogens (tertiary/aromatic N) is 2. The number of rotatable bonds is 1. The van der Waals surface area contributed by atoms with Crippen LogP contribution in [0, 0.1) is 13.8 Å². The van der Waals surface area contributed by atoms with E-state index < -0.39 is 0 Å². The quantitative estimate of drug-likeness (QED) is 0.388. The Balaban J connectivity index is 0.00000182. The third-order valence-corrected chi connectivity index (χ3v) is 5.43. The second kappa shape index (κ2) is 6.68. The van der Waals surface area contributed by atoms with Gasteiger partial charge in [-0.25, -0.2) is 4.98 Å². The summed E-state index contributed by atoms with van der Waals surface area (Å²) in [6, 6.07) is 8.88. The van der Waals surface area contributed by atoms with Crippen molar-refractivity contribution in [2.24, 2.45) is 0 Å². The molecular formula is C20H25ClN4. The van der Waals surface area contributed by atoms with Gasteiger partial charge in [0.15, 0.2) is 6.04 Å². The normalized spacial score (nSPS) is 15.4. The maximum absolute atomic E-state index is 6.22. The van der Waals surface area contributed by atoms with Gasteiger partial charge in [0, 0.05) is 36.3 Å². The van der Waals surface area contributed by atoms with Gasteiger partial charge in [0.05, 0.1) is 0 Å². The number of benzene rings is 2. The molecule has 5 heteroatoms. The second-order valence-corrected chi connectivity index (χ2v) is 7.17. The summed E-state index contributed by atoms with van der Waals surface area (Å²) < 4.78 is 2.45. The molecule has 0 spiro atoms. The van der Waals surface area contributed by atoms with E-state index in [9.17, 15) is 0 Å². The first kappa shape index (κ1) is 17.7. The van der Waals surface area contributed by atoms with Crippen LogP contribution in [0.15, 0.2) is 24.3 Å². The molecule has 1 fully saturated rings. The largest absolute Gasteiger partial charge is 1.00 e. The highest BCUT2D eigenvalue weighted by Gasteiger charge is 2.28. The summed E-state index contributed by atoms with van der Waals surface area (Å²) in [7, 11) is 0. The summed E-state index contributed by atoms with van der Waals surface area (Å²) in [6.45, 7) is 4.08. The lowest BCUT2D eigenvalue weighted by atomic mass is 9.94. The van der Waals surface area contributed by atoms with Gasteiger partial charge in [0.1, 0.15) is 11.0 Å². The van der Waals surface area contributed by atoms with Crippen molar-refractivity contribution in [1.29, 1.82) is 0 Å². The van der Waals surface area contributed by atoms with Crippen LogP contribution in [0.1, 0.15) is 49.3 Å². The number of hydrogen-bond acceptors (Lipinski definition) is 3. The Bertz CT molecular complexity index is 880. The van der Waals surface area contributed by atoms with Gasteiger partial charge in [-0.15, -0.1) is 0 Å². The van der Waals surface area contributed by atoms with Gasteiger partial charge in [0.2, 0.25) is 11.0 Å². The van der Waals surface area contributed by atoms with E-state index >= 15 is 0 Å². The number of aryl methyl sites for hydroxylation is 2. The van der Waals surface area contributed by atoms with Crippen LogP contribution >= 0.6 is 0 Å². The predicted molar refractivity (Wildman–Crippen MR) is 99.9 cm³/mol.